The number of rotatable bonds is 6. The summed E-state index contributed by atoms with van der Waals surface area (Å²) in [6.07, 6.45) is 12.5. The summed E-state index contributed by atoms with van der Waals surface area (Å²) < 4.78 is 31.5. The predicted octanol–water partition coefficient (Wildman–Crippen LogP) is 5.10. The minimum atomic E-state index is -1.05. The fraction of sp³-hybridized carbons (Fsp3) is 0.400. The summed E-state index contributed by atoms with van der Waals surface area (Å²) >= 11 is 0. The summed E-state index contributed by atoms with van der Waals surface area (Å²) in [5.74, 6) is -2.03. The standard InChI is InChI=1S/C20H21F2NO2/c21-18-12-9-16(14-19(18)22)20(24)25-17-10-7-15(8-11-17)6-4-2-1-3-5-13-23/h1-3,5,9,12,14-15,17H,4,6-8,10-11H2/b2-1+,5-3+/t15-,17-. The van der Waals surface area contributed by atoms with Gasteiger partial charge in [0.05, 0.1) is 11.6 Å². The zero-order valence-electron chi connectivity index (χ0n) is 14.0. The Balaban J connectivity index is 1.72. The van der Waals surface area contributed by atoms with Gasteiger partial charge in [-0.25, -0.2) is 13.6 Å². The van der Waals surface area contributed by atoms with Gasteiger partial charge in [0.25, 0.3) is 0 Å². The number of allylic oxidation sites excluding steroid dienone is 4. The summed E-state index contributed by atoms with van der Waals surface area (Å²) in [5, 5.41) is 8.37. The number of nitriles is 1. The fourth-order valence-corrected chi connectivity index (χ4v) is 2.99. The highest BCUT2D eigenvalue weighted by molar-refractivity contribution is 5.89. The Labute approximate surface area is 146 Å². The quantitative estimate of drug-likeness (QED) is 0.409. The first kappa shape index (κ1) is 18.9. The summed E-state index contributed by atoms with van der Waals surface area (Å²) in [6, 6.07) is 4.97. The van der Waals surface area contributed by atoms with Gasteiger partial charge in [-0.15, -0.1) is 0 Å². The number of carbonyl (C=O) groups is 1. The van der Waals surface area contributed by atoms with Crippen molar-refractivity contribution in [2.24, 2.45) is 5.92 Å². The predicted molar refractivity (Wildman–Crippen MR) is 90.6 cm³/mol. The molecule has 1 saturated carbocycles. The Hall–Kier alpha value is -2.48. The van der Waals surface area contributed by atoms with Crippen LogP contribution in [0.4, 0.5) is 8.78 Å². The molecule has 0 bridgehead atoms. The molecule has 0 saturated heterocycles. The van der Waals surface area contributed by atoms with Gasteiger partial charge in [0.1, 0.15) is 6.10 Å². The summed E-state index contributed by atoms with van der Waals surface area (Å²) in [5.41, 5.74) is 0.0385. The third kappa shape index (κ3) is 6.15. The van der Waals surface area contributed by atoms with Crippen molar-refractivity contribution in [2.75, 3.05) is 0 Å². The molecule has 1 aromatic rings. The number of nitrogens with zero attached hydrogens (tertiary/aromatic N) is 1. The van der Waals surface area contributed by atoms with Gasteiger partial charge in [-0.1, -0.05) is 18.2 Å². The molecule has 0 aromatic heterocycles. The third-order valence-corrected chi connectivity index (χ3v) is 4.38. The highest BCUT2D eigenvalue weighted by atomic mass is 19.2. The molecule has 1 aliphatic carbocycles. The molecule has 1 aliphatic rings. The van der Waals surface area contributed by atoms with E-state index in [2.05, 4.69) is 0 Å². The Morgan fingerprint density at radius 2 is 1.96 bits per heavy atom. The van der Waals surface area contributed by atoms with E-state index >= 15 is 0 Å². The number of halogens is 2. The molecule has 132 valence electrons. The minimum absolute atomic E-state index is 0.0385. The molecule has 3 nitrogen and oxygen atoms in total. The lowest BCUT2D eigenvalue weighted by atomic mass is 9.84. The highest BCUT2D eigenvalue weighted by Gasteiger charge is 2.24. The van der Waals surface area contributed by atoms with Crippen molar-refractivity contribution >= 4 is 5.97 Å². The molecule has 1 aromatic carbocycles. The van der Waals surface area contributed by atoms with Gasteiger partial charge in [-0.05, 0) is 62.6 Å². The minimum Gasteiger partial charge on any atom is -0.459 e. The second-order valence-corrected chi connectivity index (χ2v) is 6.17. The number of esters is 1. The first-order chi connectivity index (χ1) is 12.1. The third-order valence-electron chi connectivity index (χ3n) is 4.38. The lowest BCUT2D eigenvalue weighted by Gasteiger charge is -2.28. The van der Waals surface area contributed by atoms with E-state index in [9.17, 15) is 13.6 Å². The zero-order chi connectivity index (χ0) is 18.1. The van der Waals surface area contributed by atoms with Gasteiger partial charge in [-0.3, -0.25) is 0 Å². The molecular formula is C20H21F2NO2. The molecule has 1 fully saturated rings. The Morgan fingerprint density at radius 1 is 1.20 bits per heavy atom. The van der Waals surface area contributed by atoms with Crippen LogP contribution in [0.1, 0.15) is 48.9 Å². The maximum atomic E-state index is 13.2. The smallest absolute Gasteiger partial charge is 0.338 e. The molecule has 0 radical (unpaired) electrons. The van der Waals surface area contributed by atoms with E-state index < -0.39 is 17.6 Å². The van der Waals surface area contributed by atoms with Crippen LogP contribution in [0.15, 0.2) is 42.5 Å². The average molecular weight is 345 g/mol. The van der Waals surface area contributed by atoms with Crippen LogP contribution in [0.3, 0.4) is 0 Å². The topological polar surface area (TPSA) is 50.1 Å². The summed E-state index contributed by atoms with van der Waals surface area (Å²) in [6.45, 7) is 0. The molecule has 0 amide bonds. The first-order valence-corrected chi connectivity index (χ1v) is 8.47. The molecule has 0 aliphatic heterocycles. The fourth-order valence-electron chi connectivity index (χ4n) is 2.99. The van der Waals surface area contributed by atoms with Crippen LogP contribution < -0.4 is 0 Å². The normalized spacial score (nSPS) is 20.7. The van der Waals surface area contributed by atoms with E-state index in [4.69, 9.17) is 10.00 Å². The van der Waals surface area contributed by atoms with E-state index in [0.717, 1.165) is 50.7 Å². The lowest BCUT2D eigenvalue weighted by Crippen LogP contribution is -2.24. The lowest BCUT2D eigenvalue weighted by molar-refractivity contribution is 0.0162. The van der Waals surface area contributed by atoms with Gasteiger partial charge in [0.15, 0.2) is 11.6 Å². The van der Waals surface area contributed by atoms with Crippen molar-refractivity contribution in [3.05, 3.63) is 59.7 Å². The maximum absolute atomic E-state index is 13.2. The average Bonchev–Trinajstić information content (AvgIpc) is 2.61. The molecular weight excluding hydrogens is 324 g/mol. The van der Waals surface area contributed by atoms with Crippen LogP contribution in [0, 0.1) is 28.9 Å². The number of benzene rings is 1. The molecule has 25 heavy (non-hydrogen) atoms. The summed E-state index contributed by atoms with van der Waals surface area (Å²) in [4.78, 5) is 12.0. The SMILES string of the molecule is N#C/C=C/C=C/CC[C@H]1CC[C@H](OC(=O)c2ccc(F)c(F)c2)CC1. The first-order valence-electron chi connectivity index (χ1n) is 8.47. The largest absolute Gasteiger partial charge is 0.459 e. The Kier molecular flexibility index (Phi) is 7.34. The van der Waals surface area contributed by atoms with E-state index in [-0.39, 0.29) is 11.7 Å². The molecule has 0 unspecified atom stereocenters. The molecule has 0 heterocycles. The number of hydrogen-bond acceptors (Lipinski definition) is 3. The number of carbonyl (C=O) groups excluding carboxylic acids is 1. The van der Waals surface area contributed by atoms with E-state index in [1.165, 1.54) is 12.1 Å². The monoisotopic (exact) mass is 345 g/mol. The van der Waals surface area contributed by atoms with Crippen LogP contribution in [0.25, 0.3) is 0 Å². The van der Waals surface area contributed by atoms with Gasteiger partial charge in [0.2, 0.25) is 0 Å². The Bertz CT molecular complexity index is 683. The van der Waals surface area contributed by atoms with Crippen LogP contribution in [-0.4, -0.2) is 12.1 Å². The van der Waals surface area contributed by atoms with Gasteiger partial charge >= 0.3 is 5.97 Å². The van der Waals surface area contributed by atoms with Gasteiger partial charge < -0.3 is 4.74 Å². The van der Waals surface area contributed by atoms with Crippen molar-refractivity contribution in [3.8, 4) is 6.07 Å². The van der Waals surface area contributed by atoms with Crippen molar-refractivity contribution in [2.45, 2.75) is 44.6 Å². The summed E-state index contributed by atoms with van der Waals surface area (Å²) in [7, 11) is 0. The van der Waals surface area contributed by atoms with Crippen molar-refractivity contribution in [1.82, 2.24) is 0 Å². The van der Waals surface area contributed by atoms with E-state index in [1.54, 1.807) is 6.08 Å². The highest BCUT2D eigenvalue weighted by Crippen LogP contribution is 2.30. The second kappa shape index (κ2) is 9.73. The van der Waals surface area contributed by atoms with Gasteiger partial charge in [0, 0.05) is 6.08 Å². The van der Waals surface area contributed by atoms with Crippen LogP contribution >= 0.6 is 0 Å². The van der Waals surface area contributed by atoms with Gasteiger partial charge in [-0.2, -0.15) is 5.26 Å². The van der Waals surface area contributed by atoms with Crippen molar-refractivity contribution < 1.29 is 18.3 Å². The number of hydrogen-bond donors (Lipinski definition) is 0. The zero-order valence-corrected chi connectivity index (χ0v) is 14.0. The van der Waals surface area contributed by atoms with E-state index in [0.29, 0.717) is 5.92 Å². The van der Waals surface area contributed by atoms with Crippen LogP contribution in [0.2, 0.25) is 0 Å². The Morgan fingerprint density at radius 3 is 2.64 bits per heavy atom. The molecule has 0 atom stereocenters. The maximum Gasteiger partial charge on any atom is 0.338 e. The van der Waals surface area contributed by atoms with Crippen molar-refractivity contribution in [1.29, 1.82) is 5.26 Å². The number of ether oxygens (including phenoxy) is 1. The second-order valence-electron chi connectivity index (χ2n) is 6.17. The van der Waals surface area contributed by atoms with Crippen LogP contribution in [0.5, 0.6) is 0 Å². The molecule has 0 spiro atoms. The van der Waals surface area contributed by atoms with Crippen LogP contribution in [-0.2, 0) is 4.74 Å². The molecule has 0 N–H and O–H groups in total. The molecule has 5 heteroatoms. The van der Waals surface area contributed by atoms with E-state index in [1.807, 2.05) is 18.2 Å². The van der Waals surface area contributed by atoms with Crippen molar-refractivity contribution in [3.63, 3.8) is 0 Å². The molecule has 2 rings (SSSR count).